The molecule has 1 aromatic heterocycles. The Balaban J connectivity index is 1.73. The normalized spacial score (nSPS) is 20.3. The van der Waals surface area contributed by atoms with Crippen LogP contribution in [0.4, 0.5) is 11.6 Å². The molecule has 2 atom stereocenters. The Morgan fingerprint density at radius 3 is 2.69 bits per heavy atom. The molecule has 1 saturated heterocycles. The van der Waals surface area contributed by atoms with Crippen molar-refractivity contribution in [2.45, 2.75) is 25.9 Å². The van der Waals surface area contributed by atoms with Crippen molar-refractivity contribution in [2.24, 2.45) is 11.7 Å². The minimum Gasteiger partial charge on any atom is -0.341 e. The summed E-state index contributed by atoms with van der Waals surface area (Å²) in [5.41, 5.74) is 10.3. The van der Waals surface area contributed by atoms with E-state index >= 15 is 0 Å². The van der Waals surface area contributed by atoms with E-state index in [-0.39, 0.29) is 6.04 Å². The Morgan fingerprint density at radius 2 is 1.96 bits per heavy atom. The zero-order valence-corrected chi connectivity index (χ0v) is 15.0. The van der Waals surface area contributed by atoms with Crippen molar-refractivity contribution >= 4 is 22.7 Å². The molecule has 4 rings (SSSR count). The number of para-hydroxylation sites is 2. The largest absolute Gasteiger partial charge is 0.341 e. The Morgan fingerprint density at radius 1 is 1.19 bits per heavy atom. The van der Waals surface area contributed by atoms with Crippen molar-refractivity contribution < 1.29 is 0 Å². The van der Waals surface area contributed by atoms with Gasteiger partial charge in [0.05, 0.1) is 24.2 Å². The predicted molar refractivity (Wildman–Crippen MR) is 106 cm³/mol. The van der Waals surface area contributed by atoms with E-state index in [1.54, 1.807) is 0 Å². The number of anilines is 1. The Kier molecular flexibility index (Phi) is 4.36. The van der Waals surface area contributed by atoms with E-state index in [4.69, 9.17) is 17.3 Å². The van der Waals surface area contributed by atoms with Crippen LogP contribution in [0.1, 0.15) is 18.9 Å². The lowest BCUT2D eigenvalue weighted by molar-refractivity contribution is 0.375. The van der Waals surface area contributed by atoms with Crippen molar-refractivity contribution in [1.29, 1.82) is 0 Å². The second-order valence-corrected chi connectivity index (χ2v) is 7.14. The number of imidazole rings is 1. The molecule has 5 nitrogen and oxygen atoms in total. The molecule has 0 radical (unpaired) electrons. The third-order valence-electron chi connectivity index (χ3n) is 5.34. The van der Waals surface area contributed by atoms with E-state index in [9.17, 15) is 0 Å². The Bertz CT molecular complexity index is 951. The number of benzene rings is 2. The van der Waals surface area contributed by atoms with E-state index in [0.717, 1.165) is 48.6 Å². The van der Waals surface area contributed by atoms with Crippen LogP contribution in [-0.4, -0.2) is 28.7 Å². The maximum atomic E-state index is 7.11. The minimum atomic E-state index is 0.176. The molecule has 0 saturated carbocycles. The van der Waals surface area contributed by atoms with E-state index < -0.39 is 0 Å². The molecule has 1 aliphatic heterocycles. The molecule has 1 fully saturated rings. The lowest BCUT2D eigenvalue weighted by Crippen LogP contribution is -2.48. The van der Waals surface area contributed by atoms with Gasteiger partial charge in [-0.25, -0.2) is 9.83 Å². The van der Waals surface area contributed by atoms with Crippen molar-refractivity contribution in [2.75, 3.05) is 18.0 Å². The highest BCUT2D eigenvalue weighted by atomic mass is 15.3. The summed E-state index contributed by atoms with van der Waals surface area (Å²) in [4.78, 5) is 10.7. The molecule has 0 spiro atoms. The predicted octanol–water partition coefficient (Wildman–Crippen LogP) is 3.81. The van der Waals surface area contributed by atoms with Gasteiger partial charge in [-0.05, 0) is 30.0 Å². The summed E-state index contributed by atoms with van der Waals surface area (Å²) in [7, 11) is 0. The molecule has 2 heterocycles. The number of aromatic nitrogens is 2. The first kappa shape index (κ1) is 16.6. The molecule has 0 amide bonds. The van der Waals surface area contributed by atoms with Crippen LogP contribution >= 0.6 is 0 Å². The molecule has 0 aliphatic carbocycles. The molecule has 5 heteroatoms. The van der Waals surface area contributed by atoms with E-state index in [1.807, 2.05) is 30.3 Å². The van der Waals surface area contributed by atoms with Crippen molar-refractivity contribution in [3.8, 4) is 0 Å². The first-order valence-electron chi connectivity index (χ1n) is 9.08. The fourth-order valence-corrected chi connectivity index (χ4v) is 3.60. The van der Waals surface area contributed by atoms with Gasteiger partial charge in [0, 0.05) is 19.1 Å². The molecular weight excluding hydrogens is 322 g/mol. The van der Waals surface area contributed by atoms with Gasteiger partial charge in [0.1, 0.15) is 0 Å². The van der Waals surface area contributed by atoms with Crippen molar-refractivity contribution in [1.82, 2.24) is 9.55 Å². The Labute approximate surface area is 153 Å². The van der Waals surface area contributed by atoms with Gasteiger partial charge in [-0.3, -0.25) is 0 Å². The summed E-state index contributed by atoms with van der Waals surface area (Å²) in [6.45, 7) is 11.9. The quantitative estimate of drug-likeness (QED) is 0.735. The van der Waals surface area contributed by atoms with Gasteiger partial charge in [-0.15, -0.1) is 0 Å². The molecule has 26 heavy (non-hydrogen) atoms. The first-order chi connectivity index (χ1) is 12.7. The number of hydrogen-bond donors (Lipinski definition) is 1. The highest BCUT2D eigenvalue weighted by Gasteiger charge is 2.26. The lowest BCUT2D eigenvalue weighted by Gasteiger charge is -2.36. The second-order valence-electron chi connectivity index (χ2n) is 7.14. The van der Waals surface area contributed by atoms with Gasteiger partial charge in [0.25, 0.3) is 0 Å². The number of fused-ring (bicyclic) bond motifs is 1. The van der Waals surface area contributed by atoms with E-state index in [1.165, 1.54) is 0 Å². The second kappa shape index (κ2) is 6.81. The third-order valence-corrected chi connectivity index (χ3v) is 5.34. The van der Waals surface area contributed by atoms with Gasteiger partial charge in [0.15, 0.2) is 5.69 Å². The van der Waals surface area contributed by atoms with Crippen LogP contribution in [0.25, 0.3) is 15.9 Å². The summed E-state index contributed by atoms with van der Waals surface area (Å²) < 4.78 is 2.27. The number of rotatable bonds is 3. The zero-order chi connectivity index (χ0) is 18.1. The topological polar surface area (TPSA) is 51.4 Å². The third kappa shape index (κ3) is 3.04. The highest BCUT2D eigenvalue weighted by molar-refractivity contribution is 5.79. The molecule has 132 valence electrons. The summed E-state index contributed by atoms with van der Waals surface area (Å²) in [5, 5.41) is 0. The molecule has 0 bridgehead atoms. The maximum absolute atomic E-state index is 7.11. The SMILES string of the molecule is [C-]#[N+]c1ccc(Cn2c(N3CC[C@H](C)[C@@H](N)C3)nc3ccccc32)cc1. The standard InChI is InChI=1S/C21H23N5/c1-15-11-12-25(14-18(15)22)21-24-19-5-3-4-6-20(19)26(21)13-16-7-9-17(23-2)10-8-16/h3-10,15,18H,11-14,22H2,1H3/t15-,18-/m0/s1. The fraction of sp³-hybridized carbons (Fsp3) is 0.333. The smallest absolute Gasteiger partial charge is 0.206 e. The zero-order valence-electron chi connectivity index (χ0n) is 15.0. The summed E-state index contributed by atoms with van der Waals surface area (Å²) in [6.07, 6.45) is 1.09. The summed E-state index contributed by atoms with van der Waals surface area (Å²) in [5.74, 6) is 1.54. The molecule has 2 N–H and O–H groups in total. The first-order valence-corrected chi connectivity index (χ1v) is 9.08. The molecule has 0 unspecified atom stereocenters. The lowest BCUT2D eigenvalue weighted by atomic mass is 9.94. The van der Waals surface area contributed by atoms with Gasteiger partial charge in [-0.2, -0.15) is 0 Å². The highest BCUT2D eigenvalue weighted by Crippen LogP contribution is 2.27. The average molecular weight is 345 g/mol. The average Bonchev–Trinajstić information content (AvgIpc) is 3.03. The minimum absolute atomic E-state index is 0.176. The fourth-order valence-electron chi connectivity index (χ4n) is 3.60. The van der Waals surface area contributed by atoms with Crippen LogP contribution < -0.4 is 10.6 Å². The molecule has 3 aromatic rings. The van der Waals surface area contributed by atoms with E-state index in [0.29, 0.717) is 11.6 Å². The van der Waals surface area contributed by atoms with Gasteiger partial charge < -0.3 is 15.2 Å². The number of piperidine rings is 1. The van der Waals surface area contributed by atoms with E-state index in [2.05, 4.69) is 39.4 Å². The maximum Gasteiger partial charge on any atom is 0.206 e. The number of hydrogen-bond acceptors (Lipinski definition) is 3. The van der Waals surface area contributed by atoms with Gasteiger partial charge in [-0.1, -0.05) is 43.3 Å². The van der Waals surface area contributed by atoms with Crippen molar-refractivity contribution in [3.63, 3.8) is 0 Å². The van der Waals surface area contributed by atoms with Gasteiger partial charge in [0.2, 0.25) is 5.95 Å². The van der Waals surface area contributed by atoms with Crippen LogP contribution in [0.5, 0.6) is 0 Å². The number of nitrogens with two attached hydrogens (primary N) is 1. The van der Waals surface area contributed by atoms with Crippen LogP contribution in [-0.2, 0) is 6.54 Å². The van der Waals surface area contributed by atoms with Gasteiger partial charge >= 0.3 is 0 Å². The van der Waals surface area contributed by atoms with Crippen LogP contribution in [0, 0.1) is 12.5 Å². The van der Waals surface area contributed by atoms with Crippen LogP contribution in [0.3, 0.4) is 0 Å². The summed E-state index contributed by atoms with van der Waals surface area (Å²) in [6, 6.07) is 16.2. The number of nitrogens with zero attached hydrogens (tertiary/aromatic N) is 4. The van der Waals surface area contributed by atoms with Crippen LogP contribution in [0.15, 0.2) is 48.5 Å². The summed E-state index contributed by atoms with van der Waals surface area (Å²) >= 11 is 0. The molecular formula is C21H23N5. The Hall–Kier alpha value is -2.84. The monoisotopic (exact) mass is 345 g/mol. The molecule has 1 aliphatic rings. The molecule has 2 aromatic carbocycles. The van der Waals surface area contributed by atoms with Crippen molar-refractivity contribution in [3.05, 3.63) is 65.5 Å². The van der Waals surface area contributed by atoms with Crippen LogP contribution in [0.2, 0.25) is 0 Å².